The van der Waals surface area contributed by atoms with Gasteiger partial charge in [0, 0.05) is 20.2 Å². The van der Waals surface area contributed by atoms with Crippen LogP contribution in [0.25, 0.3) is 0 Å². The Morgan fingerprint density at radius 2 is 1.92 bits per heavy atom. The third-order valence-electron chi connectivity index (χ3n) is 4.78. The van der Waals surface area contributed by atoms with Crippen molar-refractivity contribution in [3.8, 4) is 0 Å². The first-order chi connectivity index (χ1) is 11.5. The van der Waals surface area contributed by atoms with E-state index in [1.165, 1.54) is 25.5 Å². The van der Waals surface area contributed by atoms with Crippen molar-refractivity contribution in [2.75, 3.05) is 26.8 Å². The number of hydrogen-bond donors (Lipinski definition) is 1. The first kappa shape index (κ1) is 18.5. The molecule has 0 aliphatic carbocycles. The van der Waals surface area contributed by atoms with Crippen molar-refractivity contribution >= 4 is 11.9 Å². The molecule has 1 aliphatic heterocycles. The Morgan fingerprint density at radius 1 is 1.25 bits per heavy atom. The van der Waals surface area contributed by atoms with E-state index < -0.39 is 11.4 Å². The monoisotopic (exact) mass is 333 g/mol. The minimum absolute atomic E-state index is 0.0180. The molecule has 1 fully saturated rings. The van der Waals surface area contributed by atoms with E-state index in [0.717, 1.165) is 12.0 Å². The van der Waals surface area contributed by atoms with Gasteiger partial charge < -0.3 is 14.7 Å². The van der Waals surface area contributed by atoms with Crippen LogP contribution in [0.5, 0.6) is 0 Å². The van der Waals surface area contributed by atoms with Gasteiger partial charge in [-0.05, 0) is 30.4 Å². The molecule has 1 atom stereocenters. The summed E-state index contributed by atoms with van der Waals surface area (Å²) in [6.07, 6.45) is 4.16. The van der Waals surface area contributed by atoms with Crippen LogP contribution >= 0.6 is 0 Å². The van der Waals surface area contributed by atoms with E-state index in [2.05, 4.69) is 19.1 Å². The number of amides is 1. The number of rotatable bonds is 8. The first-order valence-electron chi connectivity index (χ1n) is 8.58. The van der Waals surface area contributed by atoms with Crippen LogP contribution in [0, 0.1) is 5.41 Å². The zero-order valence-electron chi connectivity index (χ0n) is 14.6. The molecule has 24 heavy (non-hydrogen) atoms. The Balaban J connectivity index is 1.94. The van der Waals surface area contributed by atoms with Gasteiger partial charge in [-0.15, -0.1) is 0 Å². The molecule has 1 aliphatic rings. The molecule has 1 saturated heterocycles. The minimum atomic E-state index is -0.964. The average molecular weight is 333 g/mol. The molecule has 1 unspecified atom stereocenters. The van der Waals surface area contributed by atoms with Crippen molar-refractivity contribution in [1.82, 2.24) is 4.90 Å². The highest BCUT2D eigenvalue weighted by atomic mass is 16.5. The number of carbonyl (C=O) groups is 2. The number of ether oxygens (including phenoxy) is 1. The van der Waals surface area contributed by atoms with Gasteiger partial charge in [0.05, 0.1) is 13.0 Å². The van der Waals surface area contributed by atoms with Crippen molar-refractivity contribution in [1.29, 1.82) is 0 Å². The molecule has 0 bridgehead atoms. The van der Waals surface area contributed by atoms with Crippen molar-refractivity contribution < 1.29 is 19.4 Å². The molecule has 132 valence electrons. The number of methoxy groups -OCH3 is 1. The zero-order chi connectivity index (χ0) is 17.6. The lowest BCUT2D eigenvalue weighted by Gasteiger charge is -2.23. The molecule has 1 amide bonds. The molecule has 0 aromatic heterocycles. The van der Waals surface area contributed by atoms with E-state index in [-0.39, 0.29) is 19.1 Å². The summed E-state index contributed by atoms with van der Waals surface area (Å²) in [7, 11) is 1.50. The smallest absolute Gasteiger partial charge is 0.313 e. The highest BCUT2D eigenvalue weighted by Gasteiger charge is 2.46. The Kier molecular flexibility index (Phi) is 6.37. The summed E-state index contributed by atoms with van der Waals surface area (Å²) in [5, 5.41) is 9.47. The summed E-state index contributed by atoms with van der Waals surface area (Å²) in [5.41, 5.74) is 1.30. The Bertz CT molecular complexity index is 569. The summed E-state index contributed by atoms with van der Waals surface area (Å²) < 4.78 is 5.06. The average Bonchev–Trinajstić information content (AvgIpc) is 3.00. The van der Waals surface area contributed by atoms with Gasteiger partial charge in [-0.2, -0.15) is 0 Å². The molecule has 2 rings (SSSR count). The summed E-state index contributed by atoms with van der Waals surface area (Å²) in [5.74, 6) is -0.907. The quantitative estimate of drug-likeness (QED) is 0.794. The van der Waals surface area contributed by atoms with Gasteiger partial charge in [0.15, 0.2) is 0 Å². The summed E-state index contributed by atoms with van der Waals surface area (Å²) >= 11 is 0. The van der Waals surface area contributed by atoms with E-state index in [0.29, 0.717) is 19.4 Å². The second kappa shape index (κ2) is 8.29. The number of unbranched alkanes of at least 4 members (excludes halogenated alkanes) is 1. The van der Waals surface area contributed by atoms with Crippen LogP contribution in [0.1, 0.15) is 37.3 Å². The third kappa shape index (κ3) is 4.35. The lowest BCUT2D eigenvalue weighted by atomic mass is 9.88. The standard InChI is InChI=1S/C19H27NO4/c1-3-4-5-15-6-8-16(9-7-15)12-17(21)20-11-10-19(13-20,14-24-2)18(22)23/h6-9H,3-5,10-14H2,1-2H3,(H,22,23). The van der Waals surface area contributed by atoms with Crippen LogP contribution in [0.4, 0.5) is 0 Å². The number of benzene rings is 1. The van der Waals surface area contributed by atoms with Gasteiger partial charge in [-0.25, -0.2) is 0 Å². The molecule has 1 heterocycles. The Morgan fingerprint density at radius 3 is 2.50 bits per heavy atom. The Hall–Kier alpha value is -1.88. The molecule has 5 nitrogen and oxygen atoms in total. The van der Waals surface area contributed by atoms with Gasteiger partial charge in [-0.3, -0.25) is 9.59 Å². The van der Waals surface area contributed by atoms with E-state index >= 15 is 0 Å². The number of carboxylic acid groups (broad SMARTS) is 1. The zero-order valence-corrected chi connectivity index (χ0v) is 14.6. The van der Waals surface area contributed by atoms with E-state index in [4.69, 9.17) is 4.74 Å². The topological polar surface area (TPSA) is 66.8 Å². The lowest BCUT2D eigenvalue weighted by Crippen LogP contribution is -2.40. The van der Waals surface area contributed by atoms with Crippen LogP contribution in [0.3, 0.4) is 0 Å². The highest BCUT2D eigenvalue weighted by Crippen LogP contribution is 2.31. The van der Waals surface area contributed by atoms with Gasteiger partial charge in [0.1, 0.15) is 5.41 Å². The molecule has 0 spiro atoms. The predicted octanol–water partition coefficient (Wildman–Crippen LogP) is 2.52. The van der Waals surface area contributed by atoms with Gasteiger partial charge in [0.2, 0.25) is 5.91 Å². The molecular formula is C19H27NO4. The lowest BCUT2D eigenvalue weighted by molar-refractivity contribution is -0.151. The van der Waals surface area contributed by atoms with E-state index in [9.17, 15) is 14.7 Å². The van der Waals surface area contributed by atoms with Crippen LogP contribution < -0.4 is 0 Å². The van der Waals surface area contributed by atoms with Gasteiger partial charge in [-0.1, -0.05) is 37.6 Å². The number of carboxylic acids is 1. The second-order valence-electron chi connectivity index (χ2n) is 6.68. The van der Waals surface area contributed by atoms with Crippen molar-refractivity contribution in [2.45, 2.75) is 39.0 Å². The number of aryl methyl sites for hydroxylation is 1. The fourth-order valence-corrected chi connectivity index (χ4v) is 3.21. The van der Waals surface area contributed by atoms with Gasteiger partial charge >= 0.3 is 5.97 Å². The SMILES string of the molecule is CCCCc1ccc(CC(=O)N2CCC(COC)(C(=O)O)C2)cc1. The van der Waals surface area contributed by atoms with E-state index in [1.807, 2.05) is 12.1 Å². The number of hydrogen-bond acceptors (Lipinski definition) is 3. The largest absolute Gasteiger partial charge is 0.481 e. The maximum absolute atomic E-state index is 12.5. The fourth-order valence-electron chi connectivity index (χ4n) is 3.21. The number of likely N-dealkylation sites (tertiary alicyclic amines) is 1. The fraction of sp³-hybridized carbons (Fsp3) is 0.579. The van der Waals surface area contributed by atoms with Crippen LogP contribution in [-0.4, -0.2) is 48.7 Å². The second-order valence-corrected chi connectivity index (χ2v) is 6.68. The van der Waals surface area contributed by atoms with Crippen molar-refractivity contribution in [3.63, 3.8) is 0 Å². The molecule has 1 aromatic carbocycles. The van der Waals surface area contributed by atoms with Crippen LogP contribution in [-0.2, 0) is 27.2 Å². The summed E-state index contributed by atoms with van der Waals surface area (Å²) in [6.45, 7) is 3.01. The number of nitrogens with zero attached hydrogens (tertiary/aromatic N) is 1. The number of aliphatic carboxylic acids is 1. The Labute approximate surface area is 143 Å². The molecule has 0 saturated carbocycles. The third-order valence-corrected chi connectivity index (χ3v) is 4.78. The molecule has 1 N–H and O–H groups in total. The molecule has 0 radical (unpaired) electrons. The normalized spacial score (nSPS) is 20.3. The molecule has 1 aromatic rings. The van der Waals surface area contributed by atoms with E-state index in [1.54, 1.807) is 4.90 Å². The number of carbonyl (C=O) groups excluding carboxylic acids is 1. The summed E-state index contributed by atoms with van der Waals surface area (Å²) in [6, 6.07) is 8.15. The minimum Gasteiger partial charge on any atom is -0.481 e. The molecule has 5 heteroatoms. The molecular weight excluding hydrogens is 306 g/mol. The van der Waals surface area contributed by atoms with Gasteiger partial charge in [0.25, 0.3) is 0 Å². The predicted molar refractivity (Wildman–Crippen MR) is 91.9 cm³/mol. The van der Waals surface area contributed by atoms with Crippen LogP contribution in [0.15, 0.2) is 24.3 Å². The first-order valence-corrected chi connectivity index (χ1v) is 8.58. The van der Waals surface area contributed by atoms with Crippen LogP contribution in [0.2, 0.25) is 0 Å². The maximum Gasteiger partial charge on any atom is 0.313 e. The highest BCUT2D eigenvalue weighted by molar-refractivity contribution is 5.82. The van der Waals surface area contributed by atoms with Crippen molar-refractivity contribution in [3.05, 3.63) is 35.4 Å². The maximum atomic E-state index is 12.5. The summed E-state index contributed by atoms with van der Waals surface area (Å²) in [4.78, 5) is 25.7. The van der Waals surface area contributed by atoms with Crippen molar-refractivity contribution in [2.24, 2.45) is 5.41 Å².